The molecule has 0 saturated heterocycles. The normalized spacial score (nSPS) is 13.9. The van der Waals surface area contributed by atoms with Crippen molar-refractivity contribution in [2.45, 2.75) is 38.4 Å². The second kappa shape index (κ2) is 6.44. The van der Waals surface area contributed by atoms with Gasteiger partial charge in [-0.1, -0.05) is 0 Å². The Labute approximate surface area is 107 Å². The van der Waals surface area contributed by atoms with Crippen LogP contribution in [0.2, 0.25) is 0 Å². The molecule has 6 heteroatoms. The van der Waals surface area contributed by atoms with Gasteiger partial charge in [-0.25, -0.2) is 0 Å². The fraction of sp³-hybridized carbons (Fsp3) is 0.636. The van der Waals surface area contributed by atoms with Crippen LogP contribution in [0.15, 0.2) is 21.2 Å². The van der Waals surface area contributed by atoms with Gasteiger partial charge in [-0.05, 0) is 54.4 Å². The average Bonchev–Trinajstić information content (AvgIpc) is 2.62. The Morgan fingerprint density at radius 2 is 2.06 bits per heavy atom. The molecule has 17 heavy (non-hydrogen) atoms. The number of unbranched alkanes of at least 4 members (excludes halogenated alkanes) is 1. The van der Waals surface area contributed by atoms with Crippen LogP contribution in [0.25, 0.3) is 0 Å². The van der Waals surface area contributed by atoms with Crippen molar-refractivity contribution in [2.24, 2.45) is 0 Å². The van der Waals surface area contributed by atoms with E-state index in [-0.39, 0.29) is 12.5 Å². The molecule has 1 atom stereocenters. The molecule has 2 nitrogen and oxygen atoms in total. The van der Waals surface area contributed by atoms with Crippen molar-refractivity contribution in [3.05, 3.63) is 22.6 Å². The Balaban J connectivity index is 2.15. The molecule has 1 N–H and O–H groups in total. The van der Waals surface area contributed by atoms with Gasteiger partial charge < -0.3 is 9.73 Å². The smallest absolute Gasteiger partial charge is 0.389 e. The molecular formula is C11H15BrF3NO. The first-order valence-corrected chi connectivity index (χ1v) is 6.23. The third-order valence-corrected chi connectivity index (χ3v) is 2.78. The van der Waals surface area contributed by atoms with Crippen LogP contribution in [-0.2, 0) is 0 Å². The quantitative estimate of drug-likeness (QED) is 0.786. The molecule has 0 radical (unpaired) electrons. The lowest BCUT2D eigenvalue weighted by atomic mass is 10.2. The third kappa shape index (κ3) is 6.12. The first-order chi connectivity index (χ1) is 7.88. The topological polar surface area (TPSA) is 25.2 Å². The highest BCUT2D eigenvalue weighted by molar-refractivity contribution is 9.10. The van der Waals surface area contributed by atoms with Crippen molar-refractivity contribution in [1.82, 2.24) is 5.32 Å². The zero-order chi connectivity index (χ0) is 12.9. The number of furan rings is 1. The van der Waals surface area contributed by atoms with E-state index in [2.05, 4.69) is 21.2 Å². The van der Waals surface area contributed by atoms with Crippen LogP contribution in [0.3, 0.4) is 0 Å². The summed E-state index contributed by atoms with van der Waals surface area (Å²) in [6, 6.07) is 3.63. The number of halogens is 4. The summed E-state index contributed by atoms with van der Waals surface area (Å²) in [5.74, 6) is 0.771. The molecule has 98 valence electrons. The first-order valence-electron chi connectivity index (χ1n) is 5.44. The van der Waals surface area contributed by atoms with Crippen LogP contribution in [0.5, 0.6) is 0 Å². The fourth-order valence-corrected chi connectivity index (χ4v) is 1.75. The van der Waals surface area contributed by atoms with Crippen LogP contribution < -0.4 is 5.32 Å². The van der Waals surface area contributed by atoms with E-state index >= 15 is 0 Å². The van der Waals surface area contributed by atoms with Gasteiger partial charge in [-0.2, -0.15) is 13.2 Å². The molecule has 0 saturated carbocycles. The maximum atomic E-state index is 11.9. The summed E-state index contributed by atoms with van der Waals surface area (Å²) in [6.07, 6.45) is -4.09. The summed E-state index contributed by atoms with van der Waals surface area (Å²) in [7, 11) is 0. The monoisotopic (exact) mass is 313 g/mol. The van der Waals surface area contributed by atoms with E-state index in [1.807, 2.05) is 13.0 Å². The minimum Gasteiger partial charge on any atom is -0.453 e. The highest BCUT2D eigenvalue weighted by Crippen LogP contribution is 2.22. The molecule has 1 aromatic heterocycles. The van der Waals surface area contributed by atoms with Crippen molar-refractivity contribution < 1.29 is 17.6 Å². The van der Waals surface area contributed by atoms with Crippen molar-refractivity contribution >= 4 is 15.9 Å². The lowest BCUT2D eigenvalue weighted by Gasteiger charge is -2.11. The van der Waals surface area contributed by atoms with Crippen LogP contribution in [-0.4, -0.2) is 12.7 Å². The minimum atomic E-state index is -4.04. The van der Waals surface area contributed by atoms with E-state index < -0.39 is 12.6 Å². The lowest BCUT2D eigenvalue weighted by molar-refractivity contribution is -0.135. The maximum absolute atomic E-state index is 11.9. The van der Waals surface area contributed by atoms with Crippen LogP contribution in [0.4, 0.5) is 13.2 Å². The van der Waals surface area contributed by atoms with Crippen molar-refractivity contribution in [3.8, 4) is 0 Å². The van der Waals surface area contributed by atoms with Gasteiger partial charge in [0.15, 0.2) is 4.67 Å². The zero-order valence-electron chi connectivity index (χ0n) is 9.48. The van der Waals surface area contributed by atoms with Gasteiger partial charge in [-0.3, -0.25) is 0 Å². The highest BCUT2D eigenvalue weighted by Gasteiger charge is 2.25. The molecule has 0 aliphatic heterocycles. The molecule has 0 amide bonds. The molecule has 1 aromatic rings. The zero-order valence-corrected chi connectivity index (χ0v) is 11.1. The van der Waals surface area contributed by atoms with Gasteiger partial charge >= 0.3 is 6.18 Å². The standard InChI is InChI=1S/C11H15BrF3NO/c1-8(9-4-5-10(12)17-9)16-7-3-2-6-11(13,14)15/h4-5,8,16H,2-3,6-7H2,1H3. The Morgan fingerprint density at radius 3 is 2.59 bits per heavy atom. The summed E-state index contributed by atoms with van der Waals surface area (Å²) >= 11 is 3.20. The fourth-order valence-electron chi connectivity index (χ4n) is 1.43. The van der Waals surface area contributed by atoms with Crippen LogP contribution in [0.1, 0.15) is 38.0 Å². The molecule has 1 heterocycles. The van der Waals surface area contributed by atoms with Gasteiger partial charge in [0, 0.05) is 6.42 Å². The summed E-state index contributed by atoms with van der Waals surface area (Å²) in [5.41, 5.74) is 0. The molecular weight excluding hydrogens is 299 g/mol. The lowest BCUT2D eigenvalue weighted by Crippen LogP contribution is -2.20. The summed E-state index contributed by atoms with van der Waals surface area (Å²) in [5, 5.41) is 3.12. The highest BCUT2D eigenvalue weighted by atomic mass is 79.9. The van der Waals surface area contributed by atoms with Gasteiger partial charge in [0.1, 0.15) is 5.76 Å². The largest absolute Gasteiger partial charge is 0.453 e. The van der Waals surface area contributed by atoms with Crippen LogP contribution >= 0.6 is 15.9 Å². The molecule has 1 rings (SSSR count). The predicted octanol–water partition coefficient (Wildman–Crippen LogP) is 4.43. The molecule has 1 unspecified atom stereocenters. The van der Waals surface area contributed by atoms with E-state index in [4.69, 9.17) is 4.42 Å². The van der Waals surface area contributed by atoms with Crippen LogP contribution in [0, 0.1) is 0 Å². The van der Waals surface area contributed by atoms with E-state index in [1.165, 1.54) is 0 Å². The van der Waals surface area contributed by atoms with E-state index in [9.17, 15) is 13.2 Å². The predicted molar refractivity (Wildman–Crippen MR) is 62.7 cm³/mol. The number of hydrogen-bond donors (Lipinski definition) is 1. The Morgan fingerprint density at radius 1 is 1.35 bits per heavy atom. The molecule has 0 aromatic carbocycles. The number of rotatable bonds is 6. The Hall–Kier alpha value is -0.490. The Kier molecular flexibility index (Phi) is 5.52. The average molecular weight is 314 g/mol. The first kappa shape index (κ1) is 14.6. The van der Waals surface area contributed by atoms with Crippen molar-refractivity contribution in [2.75, 3.05) is 6.54 Å². The second-order valence-corrected chi connectivity index (χ2v) is 4.67. The maximum Gasteiger partial charge on any atom is 0.389 e. The third-order valence-electron chi connectivity index (χ3n) is 2.36. The van der Waals surface area contributed by atoms with Gasteiger partial charge in [-0.15, -0.1) is 0 Å². The van der Waals surface area contributed by atoms with Crippen molar-refractivity contribution in [1.29, 1.82) is 0 Å². The number of hydrogen-bond acceptors (Lipinski definition) is 2. The second-order valence-electron chi connectivity index (χ2n) is 3.89. The van der Waals surface area contributed by atoms with Gasteiger partial charge in [0.05, 0.1) is 6.04 Å². The SMILES string of the molecule is CC(NCCCCC(F)(F)F)c1ccc(Br)o1. The minimum absolute atomic E-state index is 0.00665. The van der Waals surface area contributed by atoms with Crippen molar-refractivity contribution in [3.63, 3.8) is 0 Å². The number of nitrogens with one attached hydrogen (secondary N) is 1. The van der Waals surface area contributed by atoms with E-state index in [0.29, 0.717) is 17.6 Å². The summed E-state index contributed by atoms with van der Waals surface area (Å²) in [6.45, 7) is 2.46. The Bertz CT molecular complexity index is 338. The summed E-state index contributed by atoms with van der Waals surface area (Å²) in [4.78, 5) is 0. The molecule has 0 bridgehead atoms. The van der Waals surface area contributed by atoms with Gasteiger partial charge in [0.2, 0.25) is 0 Å². The van der Waals surface area contributed by atoms with E-state index in [0.717, 1.165) is 5.76 Å². The molecule has 0 fully saturated rings. The molecule has 0 spiro atoms. The van der Waals surface area contributed by atoms with E-state index in [1.54, 1.807) is 6.07 Å². The number of alkyl halides is 3. The van der Waals surface area contributed by atoms with Gasteiger partial charge in [0.25, 0.3) is 0 Å². The molecule has 0 aliphatic rings. The summed E-state index contributed by atoms with van der Waals surface area (Å²) < 4.78 is 41.6. The molecule has 0 aliphatic carbocycles.